The van der Waals surface area contributed by atoms with Crippen molar-refractivity contribution >= 4 is 45.9 Å². The third-order valence-electron chi connectivity index (χ3n) is 6.29. The summed E-state index contributed by atoms with van der Waals surface area (Å²) < 4.78 is 5.36. The van der Waals surface area contributed by atoms with Crippen LogP contribution in [-0.4, -0.2) is 29.0 Å². The number of carbonyl (C=O) groups excluding carboxylic acids is 3. The number of ether oxygens (including phenoxy) is 1. The van der Waals surface area contributed by atoms with Crippen molar-refractivity contribution in [1.29, 1.82) is 0 Å². The number of ketones is 1. The minimum absolute atomic E-state index is 0.146. The molecule has 1 heterocycles. The first-order chi connectivity index (χ1) is 19.8. The molecule has 0 atom stereocenters. The van der Waals surface area contributed by atoms with Crippen LogP contribution < -0.4 is 9.57 Å². The summed E-state index contributed by atoms with van der Waals surface area (Å²) in [5, 5.41) is 7.93. The molecule has 5 rings (SSSR count). The van der Waals surface area contributed by atoms with Gasteiger partial charge in [-0.25, -0.2) is 0 Å². The Morgan fingerprint density at radius 2 is 1.51 bits per heavy atom. The van der Waals surface area contributed by atoms with Gasteiger partial charge >= 0.3 is 6.15 Å². The number of Topliss-reactive ketones (excluding diaryl/α,β-unsaturated/α-hetero) is 1. The van der Waals surface area contributed by atoms with Gasteiger partial charge in [-0.05, 0) is 65.2 Å². The molecule has 0 bridgehead atoms. The first-order valence-corrected chi connectivity index (χ1v) is 13.5. The van der Waals surface area contributed by atoms with Crippen molar-refractivity contribution in [3.63, 3.8) is 0 Å². The number of benzene rings is 4. The topological polar surface area (TPSA) is 87.5 Å². The van der Waals surface area contributed by atoms with Gasteiger partial charge in [-0.3, -0.25) is 4.79 Å². The number of fused-ring (bicyclic) bond motifs is 1. The smallest absolute Gasteiger partial charge is 0.373 e. The highest BCUT2D eigenvalue weighted by Crippen LogP contribution is 2.32. The lowest BCUT2D eigenvalue weighted by atomic mass is 10.0. The number of hydrogen-bond donors (Lipinski definition) is 0. The van der Waals surface area contributed by atoms with Crippen LogP contribution in [0.1, 0.15) is 35.7 Å². The van der Waals surface area contributed by atoms with Crippen LogP contribution in [0.3, 0.4) is 0 Å². The van der Waals surface area contributed by atoms with Crippen molar-refractivity contribution in [3.8, 4) is 28.3 Å². The Morgan fingerprint density at radius 1 is 0.854 bits per heavy atom. The molecule has 0 N–H and O–H groups in total. The maximum atomic E-state index is 12.2. The number of halogens is 2. The molecule has 0 aliphatic heterocycles. The SMILES string of the molecule is CCCC(=O)c1ccc(COn2nc(-c3cc(Cl)cc(Cl)c3)cc2-c2ccc3cc(OC)ccc3c2)cc1.O=C=O. The number of carbonyl (C=O) groups is 1. The lowest BCUT2D eigenvalue weighted by molar-refractivity contribution is -0.191. The second-order valence-electron chi connectivity index (χ2n) is 9.10. The predicted molar refractivity (Wildman–Crippen MR) is 158 cm³/mol. The Hall–Kier alpha value is -4.42. The van der Waals surface area contributed by atoms with Gasteiger partial charge in [0.05, 0.1) is 12.8 Å². The van der Waals surface area contributed by atoms with E-state index in [1.807, 2.05) is 79.7 Å². The van der Waals surface area contributed by atoms with E-state index < -0.39 is 0 Å². The highest BCUT2D eigenvalue weighted by Gasteiger charge is 2.15. The molecule has 9 heteroatoms. The fraction of sp³-hybridized carbons (Fsp3) is 0.156. The van der Waals surface area contributed by atoms with Gasteiger partial charge in [-0.15, -0.1) is 5.10 Å². The molecule has 5 aromatic rings. The summed E-state index contributed by atoms with van der Waals surface area (Å²) in [4.78, 5) is 36.1. The van der Waals surface area contributed by atoms with Gasteiger partial charge in [-0.2, -0.15) is 9.59 Å². The third kappa shape index (κ3) is 7.41. The monoisotopic (exact) mass is 588 g/mol. The fourth-order valence-corrected chi connectivity index (χ4v) is 4.83. The Balaban J connectivity index is 0.00000124. The molecule has 208 valence electrons. The largest absolute Gasteiger partial charge is 0.497 e. The quantitative estimate of drug-likeness (QED) is 0.164. The van der Waals surface area contributed by atoms with Crippen LogP contribution in [0.15, 0.2) is 84.9 Å². The zero-order valence-electron chi connectivity index (χ0n) is 22.4. The molecule has 0 radical (unpaired) electrons. The molecule has 0 fully saturated rings. The van der Waals surface area contributed by atoms with Crippen LogP contribution in [0.4, 0.5) is 0 Å². The van der Waals surface area contributed by atoms with Crippen molar-refractivity contribution in [2.24, 2.45) is 0 Å². The zero-order chi connectivity index (χ0) is 29.4. The maximum absolute atomic E-state index is 12.2. The van der Waals surface area contributed by atoms with Gasteiger partial charge in [0, 0.05) is 33.2 Å². The standard InChI is InChI=1S/C31H26Cl2N2O3.CO2/c1-3-4-31(36)21-7-5-20(6-8-21)19-38-35-30(18-29(34-35)25-14-26(32)17-27(33)15-25)24-10-9-23-16-28(37-2)12-11-22(23)13-24;2-1-3/h5-18H,3-4,19H2,1-2H3;. The molecular formula is C32H26Cl2N2O5. The third-order valence-corrected chi connectivity index (χ3v) is 6.72. The van der Waals surface area contributed by atoms with E-state index in [0.717, 1.165) is 45.3 Å². The summed E-state index contributed by atoms with van der Waals surface area (Å²) in [6.07, 6.45) is 1.62. The highest BCUT2D eigenvalue weighted by molar-refractivity contribution is 6.35. The van der Waals surface area contributed by atoms with E-state index in [-0.39, 0.29) is 18.5 Å². The Labute approximate surface area is 247 Å². The normalized spacial score (nSPS) is 10.4. The number of aromatic nitrogens is 2. The van der Waals surface area contributed by atoms with Crippen molar-refractivity contribution in [2.45, 2.75) is 26.4 Å². The zero-order valence-corrected chi connectivity index (χ0v) is 23.9. The molecule has 0 amide bonds. The van der Waals surface area contributed by atoms with Crippen LogP contribution in [0.5, 0.6) is 5.75 Å². The van der Waals surface area contributed by atoms with Crippen LogP contribution in [-0.2, 0) is 16.2 Å². The fourth-order valence-electron chi connectivity index (χ4n) is 4.30. The van der Waals surface area contributed by atoms with E-state index in [9.17, 15) is 4.79 Å². The van der Waals surface area contributed by atoms with Crippen LogP contribution in [0.25, 0.3) is 33.3 Å². The van der Waals surface area contributed by atoms with Gasteiger partial charge in [0.2, 0.25) is 0 Å². The lowest BCUT2D eigenvalue weighted by Gasteiger charge is -2.11. The first-order valence-electron chi connectivity index (χ1n) is 12.7. The molecule has 1 aromatic heterocycles. The molecule has 0 spiro atoms. The summed E-state index contributed by atoms with van der Waals surface area (Å²) >= 11 is 12.5. The number of nitrogens with zero attached hydrogens (tertiary/aromatic N) is 2. The Bertz CT molecular complexity index is 1690. The molecule has 41 heavy (non-hydrogen) atoms. The van der Waals surface area contributed by atoms with Gasteiger partial charge in [0.1, 0.15) is 18.1 Å². The Morgan fingerprint density at radius 3 is 2.17 bits per heavy atom. The van der Waals surface area contributed by atoms with E-state index in [2.05, 4.69) is 6.07 Å². The van der Waals surface area contributed by atoms with E-state index in [1.165, 1.54) is 4.85 Å². The summed E-state index contributed by atoms with van der Waals surface area (Å²) in [6, 6.07) is 26.9. The molecular weight excluding hydrogens is 563 g/mol. The number of rotatable bonds is 9. The average molecular weight is 589 g/mol. The Kier molecular flexibility index (Phi) is 9.93. The summed E-state index contributed by atoms with van der Waals surface area (Å²) in [6.45, 7) is 2.28. The average Bonchev–Trinajstić information content (AvgIpc) is 3.40. The molecule has 0 aliphatic carbocycles. The van der Waals surface area contributed by atoms with Crippen molar-refractivity contribution < 1.29 is 24.0 Å². The van der Waals surface area contributed by atoms with E-state index in [0.29, 0.717) is 27.7 Å². The summed E-state index contributed by atoms with van der Waals surface area (Å²) in [7, 11) is 1.66. The van der Waals surface area contributed by atoms with E-state index in [4.69, 9.17) is 47.5 Å². The molecule has 0 saturated carbocycles. The van der Waals surface area contributed by atoms with Crippen LogP contribution in [0, 0.1) is 0 Å². The number of methoxy groups -OCH3 is 1. The predicted octanol–water partition coefficient (Wildman–Crippen LogP) is 7.71. The molecule has 4 aromatic carbocycles. The molecule has 0 unspecified atom stereocenters. The van der Waals surface area contributed by atoms with E-state index in [1.54, 1.807) is 13.2 Å². The maximum Gasteiger partial charge on any atom is 0.373 e. The summed E-state index contributed by atoms with van der Waals surface area (Å²) in [5.41, 5.74) is 4.83. The van der Waals surface area contributed by atoms with Gasteiger partial charge in [0.15, 0.2) is 5.78 Å². The molecule has 7 nitrogen and oxygen atoms in total. The second kappa shape index (κ2) is 13.8. The second-order valence-corrected chi connectivity index (χ2v) is 9.97. The van der Waals surface area contributed by atoms with E-state index >= 15 is 0 Å². The van der Waals surface area contributed by atoms with Crippen LogP contribution in [0.2, 0.25) is 10.0 Å². The highest BCUT2D eigenvalue weighted by atomic mass is 35.5. The first kappa shape index (κ1) is 29.6. The van der Waals surface area contributed by atoms with Crippen molar-refractivity contribution in [2.75, 3.05) is 7.11 Å². The van der Waals surface area contributed by atoms with Gasteiger partial charge in [-0.1, -0.05) is 77.4 Å². The van der Waals surface area contributed by atoms with Crippen molar-refractivity contribution in [3.05, 3.63) is 106 Å². The van der Waals surface area contributed by atoms with Gasteiger partial charge in [0.25, 0.3) is 0 Å². The molecule has 0 saturated heterocycles. The minimum Gasteiger partial charge on any atom is -0.497 e. The molecule has 0 aliphatic rings. The lowest BCUT2D eigenvalue weighted by Crippen LogP contribution is -2.14. The number of hydrogen-bond acceptors (Lipinski definition) is 6. The van der Waals surface area contributed by atoms with Crippen molar-refractivity contribution in [1.82, 2.24) is 9.94 Å². The van der Waals surface area contributed by atoms with Crippen LogP contribution >= 0.6 is 23.2 Å². The summed E-state index contributed by atoms with van der Waals surface area (Å²) in [5.74, 6) is 0.953. The van der Waals surface area contributed by atoms with Gasteiger partial charge < -0.3 is 9.57 Å². The minimum atomic E-state index is 0.146.